The summed E-state index contributed by atoms with van der Waals surface area (Å²) in [6.45, 7) is 5.90. The second kappa shape index (κ2) is 6.08. The van der Waals surface area contributed by atoms with Crippen molar-refractivity contribution < 1.29 is 9.18 Å². The molecule has 3 heteroatoms. The summed E-state index contributed by atoms with van der Waals surface area (Å²) in [6.07, 6.45) is 0. The van der Waals surface area contributed by atoms with Crippen LogP contribution in [0.2, 0.25) is 0 Å². The molecule has 110 valence electrons. The standard InChI is InChI=1S/C18H20FNO/c1-12-6-5-7-15(8-12)11-20(4)18-9-13(2)17(19)10-16(18)14(3)21/h5-10H,11H2,1-4H3. The third-order valence-electron chi connectivity index (χ3n) is 3.57. The molecule has 0 fully saturated rings. The van der Waals surface area contributed by atoms with Crippen molar-refractivity contribution in [1.82, 2.24) is 0 Å². The van der Waals surface area contributed by atoms with Crippen molar-refractivity contribution in [3.63, 3.8) is 0 Å². The normalized spacial score (nSPS) is 10.5. The van der Waals surface area contributed by atoms with Crippen molar-refractivity contribution in [3.8, 4) is 0 Å². The van der Waals surface area contributed by atoms with E-state index in [0.29, 0.717) is 17.7 Å². The van der Waals surface area contributed by atoms with Crippen molar-refractivity contribution in [2.24, 2.45) is 0 Å². The van der Waals surface area contributed by atoms with Gasteiger partial charge in [0.15, 0.2) is 5.78 Å². The number of ketones is 1. The van der Waals surface area contributed by atoms with Crippen molar-refractivity contribution in [1.29, 1.82) is 0 Å². The van der Waals surface area contributed by atoms with Gasteiger partial charge in [-0.1, -0.05) is 29.8 Å². The number of aryl methyl sites for hydroxylation is 2. The molecular weight excluding hydrogens is 265 g/mol. The number of benzene rings is 2. The van der Waals surface area contributed by atoms with Crippen molar-refractivity contribution in [2.45, 2.75) is 27.3 Å². The maximum absolute atomic E-state index is 13.7. The molecular formula is C18H20FNO. The van der Waals surface area contributed by atoms with Crippen molar-refractivity contribution in [2.75, 3.05) is 11.9 Å². The molecule has 2 aromatic carbocycles. The van der Waals surface area contributed by atoms with Crippen LogP contribution in [0, 0.1) is 19.7 Å². The third kappa shape index (κ3) is 3.48. The fourth-order valence-electron chi connectivity index (χ4n) is 2.43. The molecule has 0 aliphatic carbocycles. The molecule has 2 nitrogen and oxygen atoms in total. The molecule has 0 saturated heterocycles. The Morgan fingerprint density at radius 1 is 1.19 bits per heavy atom. The number of rotatable bonds is 4. The number of nitrogens with zero attached hydrogens (tertiary/aromatic N) is 1. The summed E-state index contributed by atoms with van der Waals surface area (Å²) in [6, 6.07) is 11.3. The van der Waals surface area contributed by atoms with E-state index in [0.717, 1.165) is 11.3 Å². The molecule has 0 N–H and O–H groups in total. The summed E-state index contributed by atoms with van der Waals surface area (Å²) in [4.78, 5) is 13.7. The Kier molecular flexibility index (Phi) is 4.41. The smallest absolute Gasteiger partial charge is 0.161 e. The van der Waals surface area contributed by atoms with Gasteiger partial charge < -0.3 is 4.90 Å². The molecule has 0 spiro atoms. The van der Waals surface area contributed by atoms with E-state index in [1.54, 1.807) is 13.0 Å². The molecule has 0 aliphatic heterocycles. The van der Waals surface area contributed by atoms with Crippen LogP contribution in [-0.4, -0.2) is 12.8 Å². The summed E-state index contributed by atoms with van der Waals surface area (Å²) in [5.74, 6) is -0.465. The first-order chi connectivity index (χ1) is 9.88. The second-order valence-corrected chi connectivity index (χ2v) is 5.52. The van der Waals surface area contributed by atoms with Gasteiger partial charge in [0.1, 0.15) is 5.82 Å². The largest absolute Gasteiger partial charge is 0.370 e. The van der Waals surface area contributed by atoms with E-state index in [4.69, 9.17) is 0 Å². The highest BCUT2D eigenvalue weighted by molar-refractivity contribution is 5.99. The first kappa shape index (κ1) is 15.2. The van der Waals surface area contributed by atoms with E-state index >= 15 is 0 Å². The Morgan fingerprint density at radius 3 is 2.52 bits per heavy atom. The summed E-state index contributed by atoms with van der Waals surface area (Å²) in [5.41, 5.74) is 4.10. The van der Waals surface area contributed by atoms with E-state index in [9.17, 15) is 9.18 Å². The lowest BCUT2D eigenvalue weighted by Gasteiger charge is -2.23. The maximum atomic E-state index is 13.7. The van der Waals surface area contributed by atoms with Crippen LogP contribution >= 0.6 is 0 Å². The fraction of sp³-hybridized carbons (Fsp3) is 0.278. The minimum atomic E-state index is -0.340. The number of halogens is 1. The minimum Gasteiger partial charge on any atom is -0.370 e. The SMILES string of the molecule is CC(=O)c1cc(F)c(C)cc1N(C)Cc1cccc(C)c1. The average molecular weight is 285 g/mol. The molecule has 2 aromatic rings. The Balaban J connectivity index is 2.36. The van der Waals surface area contributed by atoms with Gasteiger partial charge in [0.05, 0.1) is 0 Å². The molecule has 0 saturated carbocycles. The molecule has 0 radical (unpaired) electrons. The number of carbonyl (C=O) groups excluding carboxylic acids is 1. The third-order valence-corrected chi connectivity index (χ3v) is 3.57. The van der Waals surface area contributed by atoms with Gasteiger partial charge in [0, 0.05) is 24.8 Å². The highest BCUT2D eigenvalue weighted by Gasteiger charge is 2.14. The summed E-state index contributed by atoms with van der Waals surface area (Å²) < 4.78 is 13.7. The first-order valence-corrected chi connectivity index (χ1v) is 6.96. The minimum absolute atomic E-state index is 0.125. The van der Waals surface area contributed by atoms with Crippen LogP contribution in [0.15, 0.2) is 36.4 Å². The highest BCUT2D eigenvalue weighted by Crippen LogP contribution is 2.25. The Morgan fingerprint density at radius 2 is 1.90 bits per heavy atom. The lowest BCUT2D eigenvalue weighted by atomic mass is 10.0. The van der Waals surface area contributed by atoms with Crippen LogP contribution in [0.1, 0.15) is 34.0 Å². The van der Waals surface area contributed by atoms with E-state index in [2.05, 4.69) is 6.07 Å². The zero-order chi connectivity index (χ0) is 15.6. The number of hydrogen-bond donors (Lipinski definition) is 0. The van der Waals surface area contributed by atoms with Crippen LogP contribution in [0.4, 0.5) is 10.1 Å². The van der Waals surface area contributed by atoms with Gasteiger partial charge in [0.2, 0.25) is 0 Å². The summed E-state index contributed by atoms with van der Waals surface area (Å²) in [7, 11) is 1.92. The first-order valence-electron chi connectivity index (χ1n) is 6.96. The molecule has 0 aliphatic rings. The quantitative estimate of drug-likeness (QED) is 0.781. The molecule has 0 bridgehead atoms. The van der Waals surface area contributed by atoms with Crippen molar-refractivity contribution >= 4 is 11.5 Å². The van der Waals surface area contributed by atoms with Gasteiger partial charge in [-0.3, -0.25) is 4.79 Å². The predicted molar refractivity (Wildman–Crippen MR) is 84.4 cm³/mol. The van der Waals surface area contributed by atoms with Crippen LogP contribution in [0.3, 0.4) is 0 Å². The van der Waals surface area contributed by atoms with Crippen molar-refractivity contribution in [3.05, 3.63) is 64.5 Å². The van der Waals surface area contributed by atoms with E-state index in [1.807, 2.05) is 37.1 Å². The van der Waals surface area contributed by atoms with Gasteiger partial charge in [-0.05, 0) is 44.0 Å². The molecule has 0 aromatic heterocycles. The van der Waals surface area contributed by atoms with Crippen LogP contribution < -0.4 is 4.90 Å². The molecule has 0 atom stereocenters. The van der Waals surface area contributed by atoms with Gasteiger partial charge in [0.25, 0.3) is 0 Å². The topological polar surface area (TPSA) is 20.3 Å². The van der Waals surface area contributed by atoms with Gasteiger partial charge in [-0.15, -0.1) is 0 Å². The second-order valence-electron chi connectivity index (χ2n) is 5.52. The molecule has 2 rings (SSSR count). The number of Topliss-reactive ketones (excluding diaryl/α,β-unsaturated/α-hetero) is 1. The summed E-state index contributed by atoms with van der Waals surface area (Å²) >= 11 is 0. The lowest BCUT2D eigenvalue weighted by Crippen LogP contribution is -2.19. The predicted octanol–water partition coefficient (Wildman–Crippen LogP) is 4.28. The Hall–Kier alpha value is -2.16. The summed E-state index contributed by atoms with van der Waals surface area (Å²) in [5, 5.41) is 0. The number of anilines is 1. The van der Waals surface area contributed by atoms with Gasteiger partial charge in [-0.2, -0.15) is 0 Å². The molecule has 0 unspecified atom stereocenters. The zero-order valence-electron chi connectivity index (χ0n) is 12.9. The Bertz CT molecular complexity index is 679. The zero-order valence-corrected chi connectivity index (χ0v) is 12.9. The Labute approximate surface area is 125 Å². The number of carbonyl (C=O) groups is 1. The highest BCUT2D eigenvalue weighted by atomic mass is 19.1. The lowest BCUT2D eigenvalue weighted by molar-refractivity contribution is 0.101. The van der Waals surface area contributed by atoms with E-state index < -0.39 is 0 Å². The number of hydrogen-bond acceptors (Lipinski definition) is 2. The van der Waals surface area contributed by atoms with E-state index in [1.165, 1.54) is 18.6 Å². The van der Waals surface area contributed by atoms with Crippen LogP contribution in [0.5, 0.6) is 0 Å². The monoisotopic (exact) mass is 285 g/mol. The van der Waals surface area contributed by atoms with Gasteiger partial charge in [-0.25, -0.2) is 4.39 Å². The van der Waals surface area contributed by atoms with Crippen LogP contribution in [-0.2, 0) is 6.54 Å². The van der Waals surface area contributed by atoms with Crippen LogP contribution in [0.25, 0.3) is 0 Å². The molecule has 0 heterocycles. The van der Waals surface area contributed by atoms with E-state index in [-0.39, 0.29) is 11.6 Å². The fourth-order valence-corrected chi connectivity index (χ4v) is 2.43. The van der Waals surface area contributed by atoms with Gasteiger partial charge >= 0.3 is 0 Å². The molecule has 21 heavy (non-hydrogen) atoms. The molecule has 0 amide bonds. The maximum Gasteiger partial charge on any atom is 0.161 e. The average Bonchev–Trinajstić information content (AvgIpc) is 2.41.